The minimum Gasteiger partial charge on any atom is -0.337 e. The molecule has 1 fully saturated rings. The Balaban J connectivity index is 2.18. The SMILES string of the molecule is CCC1CCC(n2c(C(C)C)c[nH]c2=S)CC1. The first-order chi connectivity index (χ1) is 8.13. The second kappa shape index (κ2) is 5.38. The second-order valence-corrected chi connectivity index (χ2v) is 6.01. The topological polar surface area (TPSA) is 20.7 Å². The van der Waals surface area contributed by atoms with Gasteiger partial charge in [0, 0.05) is 17.9 Å². The number of hydrogen-bond acceptors (Lipinski definition) is 1. The van der Waals surface area contributed by atoms with Crippen molar-refractivity contribution < 1.29 is 0 Å². The number of hydrogen-bond donors (Lipinski definition) is 1. The third-order valence-corrected chi connectivity index (χ3v) is 4.51. The van der Waals surface area contributed by atoms with Crippen LogP contribution in [0.25, 0.3) is 0 Å². The molecule has 0 amide bonds. The average Bonchev–Trinajstić information content (AvgIpc) is 2.71. The number of nitrogens with zero attached hydrogens (tertiary/aromatic N) is 1. The lowest BCUT2D eigenvalue weighted by Gasteiger charge is -2.30. The van der Waals surface area contributed by atoms with Gasteiger partial charge in [0.15, 0.2) is 4.77 Å². The van der Waals surface area contributed by atoms with Gasteiger partial charge in [-0.3, -0.25) is 0 Å². The van der Waals surface area contributed by atoms with E-state index in [1.54, 1.807) is 0 Å². The summed E-state index contributed by atoms with van der Waals surface area (Å²) < 4.78 is 3.29. The fourth-order valence-electron chi connectivity index (χ4n) is 3.02. The molecule has 0 saturated heterocycles. The Labute approximate surface area is 109 Å². The van der Waals surface area contributed by atoms with E-state index in [0.29, 0.717) is 12.0 Å². The third kappa shape index (κ3) is 2.65. The van der Waals surface area contributed by atoms with Crippen LogP contribution in [0.4, 0.5) is 0 Å². The number of H-pyrrole nitrogens is 1. The van der Waals surface area contributed by atoms with Crippen molar-refractivity contribution in [2.45, 2.75) is 64.8 Å². The van der Waals surface area contributed by atoms with Gasteiger partial charge in [-0.2, -0.15) is 0 Å². The lowest BCUT2D eigenvalue weighted by Crippen LogP contribution is -2.20. The van der Waals surface area contributed by atoms with Crippen molar-refractivity contribution in [1.29, 1.82) is 0 Å². The molecule has 0 aliphatic heterocycles. The first-order valence-electron chi connectivity index (χ1n) is 6.93. The minimum atomic E-state index is 0.548. The van der Waals surface area contributed by atoms with Crippen LogP contribution in [0.1, 0.15) is 70.5 Å². The fraction of sp³-hybridized carbons (Fsp3) is 0.786. The molecule has 2 rings (SSSR count). The Morgan fingerprint density at radius 3 is 2.53 bits per heavy atom. The third-order valence-electron chi connectivity index (χ3n) is 4.19. The zero-order valence-corrected chi connectivity index (χ0v) is 12.0. The number of nitrogens with one attached hydrogen (secondary N) is 1. The zero-order valence-electron chi connectivity index (χ0n) is 11.2. The molecule has 96 valence electrons. The highest BCUT2D eigenvalue weighted by Gasteiger charge is 2.23. The van der Waals surface area contributed by atoms with Crippen molar-refractivity contribution in [3.8, 4) is 0 Å². The van der Waals surface area contributed by atoms with Crippen molar-refractivity contribution in [1.82, 2.24) is 9.55 Å². The summed E-state index contributed by atoms with van der Waals surface area (Å²) in [7, 11) is 0. The van der Waals surface area contributed by atoms with Crippen molar-refractivity contribution in [2.24, 2.45) is 5.92 Å². The fourth-order valence-corrected chi connectivity index (χ4v) is 3.34. The first kappa shape index (κ1) is 12.9. The second-order valence-electron chi connectivity index (χ2n) is 5.63. The van der Waals surface area contributed by atoms with E-state index in [-0.39, 0.29) is 0 Å². The molecule has 17 heavy (non-hydrogen) atoms. The van der Waals surface area contributed by atoms with Crippen LogP contribution in [0.2, 0.25) is 0 Å². The number of imidazole rings is 1. The first-order valence-corrected chi connectivity index (χ1v) is 7.34. The van der Waals surface area contributed by atoms with E-state index in [9.17, 15) is 0 Å². The van der Waals surface area contributed by atoms with Crippen LogP contribution in [0.3, 0.4) is 0 Å². The molecule has 1 aromatic heterocycles. The molecular weight excluding hydrogens is 228 g/mol. The molecule has 0 unspecified atom stereocenters. The standard InChI is InChI=1S/C14H24N2S/c1-4-11-5-7-12(8-6-11)16-13(10(2)3)9-15-14(16)17/h9-12H,4-8H2,1-3H3,(H,15,17). The van der Waals surface area contributed by atoms with Crippen LogP contribution in [0.5, 0.6) is 0 Å². The van der Waals surface area contributed by atoms with Crippen molar-refractivity contribution in [3.05, 3.63) is 16.7 Å². The quantitative estimate of drug-likeness (QED) is 0.766. The molecule has 1 aromatic rings. The summed E-state index contributed by atoms with van der Waals surface area (Å²) in [6.45, 7) is 6.80. The van der Waals surface area contributed by atoms with E-state index in [1.807, 2.05) is 0 Å². The summed E-state index contributed by atoms with van der Waals surface area (Å²) in [6.07, 6.45) is 8.76. The highest BCUT2D eigenvalue weighted by Crippen LogP contribution is 2.35. The van der Waals surface area contributed by atoms with Gasteiger partial charge in [0.1, 0.15) is 0 Å². The molecule has 0 spiro atoms. The predicted octanol–water partition coefficient (Wildman–Crippen LogP) is 4.81. The molecule has 1 aliphatic carbocycles. The normalized spacial score (nSPS) is 25.4. The molecule has 0 aromatic carbocycles. The molecule has 0 atom stereocenters. The molecule has 0 bridgehead atoms. The molecular formula is C14H24N2S. The van der Waals surface area contributed by atoms with Gasteiger partial charge in [-0.25, -0.2) is 0 Å². The van der Waals surface area contributed by atoms with Crippen molar-refractivity contribution in [2.75, 3.05) is 0 Å². The van der Waals surface area contributed by atoms with Crippen LogP contribution in [-0.4, -0.2) is 9.55 Å². The average molecular weight is 252 g/mol. The maximum atomic E-state index is 5.44. The largest absolute Gasteiger partial charge is 0.337 e. The molecule has 1 aliphatic rings. The van der Waals surface area contributed by atoms with E-state index in [1.165, 1.54) is 37.8 Å². The highest BCUT2D eigenvalue weighted by molar-refractivity contribution is 7.71. The van der Waals surface area contributed by atoms with Crippen molar-refractivity contribution >= 4 is 12.2 Å². The van der Waals surface area contributed by atoms with Gasteiger partial charge >= 0.3 is 0 Å². The monoisotopic (exact) mass is 252 g/mol. The minimum absolute atomic E-state index is 0.548. The predicted molar refractivity (Wildman–Crippen MR) is 75.0 cm³/mol. The van der Waals surface area contributed by atoms with Crippen LogP contribution in [0, 0.1) is 10.7 Å². The zero-order chi connectivity index (χ0) is 12.4. The van der Waals surface area contributed by atoms with Gasteiger partial charge in [-0.1, -0.05) is 27.2 Å². The van der Waals surface area contributed by atoms with Gasteiger partial charge in [0.2, 0.25) is 0 Å². The molecule has 1 heterocycles. The van der Waals surface area contributed by atoms with Crippen LogP contribution >= 0.6 is 12.2 Å². The Morgan fingerprint density at radius 2 is 2.00 bits per heavy atom. The molecule has 2 nitrogen and oxygen atoms in total. The summed E-state index contributed by atoms with van der Waals surface area (Å²) in [6, 6.07) is 0.633. The van der Waals surface area contributed by atoms with Crippen molar-refractivity contribution in [3.63, 3.8) is 0 Å². The van der Waals surface area contributed by atoms with Crippen LogP contribution < -0.4 is 0 Å². The lowest BCUT2D eigenvalue weighted by atomic mass is 9.84. The Hall–Kier alpha value is -0.570. The number of aromatic nitrogens is 2. The molecule has 1 saturated carbocycles. The smallest absolute Gasteiger partial charge is 0.177 e. The molecule has 3 heteroatoms. The van der Waals surface area contributed by atoms with Gasteiger partial charge in [0.05, 0.1) is 0 Å². The summed E-state index contributed by atoms with van der Waals surface area (Å²) in [5.41, 5.74) is 1.37. The summed E-state index contributed by atoms with van der Waals surface area (Å²) in [4.78, 5) is 3.22. The lowest BCUT2D eigenvalue weighted by molar-refractivity contribution is 0.263. The van der Waals surface area contributed by atoms with Gasteiger partial charge in [0.25, 0.3) is 0 Å². The van der Waals surface area contributed by atoms with Crippen LogP contribution in [0.15, 0.2) is 6.20 Å². The number of rotatable bonds is 3. The summed E-state index contributed by atoms with van der Waals surface area (Å²) >= 11 is 5.44. The van der Waals surface area contributed by atoms with E-state index in [0.717, 1.165) is 10.7 Å². The van der Waals surface area contributed by atoms with E-state index < -0.39 is 0 Å². The maximum absolute atomic E-state index is 5.44. The van der Waals surface area contributed by atoms with E-state index in [4.69, 9.17) is 12.2 Å². The Kier molecular flexibility index (Phi) is 4.08. The van der Waals surface area contributed by atoms with Gasteiger partial charge in [-0.05, 0) is 49.7 Å². The van der Waals surface area contributed by atoms with Gasteiger partial charge in [-0.15, -0.1) is 0 Å². The Morgan fingerprint density at radius 1 is 1.35 bits per heavy atom. The number of aromatic amines is 1. The highest BCUT2D eigenvalue weighted by atomic mass is 32.1. The van der Waals surface area contributed by atoms with E-state index in [2.05, 4.69) is 36.5 Å². The summed E-state index contributed by atoms with van der Waals surface area (Å²) in [5, 5.41) is 0. The Bertz CT molecular complexity index is 408. The van der Waals surface area contributed by atoms with E-state index >= 15 is 0 Å². The maximum Gasteiger partial charge on any atom is 0.177 e. The summed E-state index contributed by atoms with van der Waals surface area (Å²) in [5.74, 6) is 1.49. The van der Waals surface area contributed by atoms with Crippen LogP contribution in [-0.2, 0) is 0 Å². The molecule has 1 N–H and O–H groups in total. The molecule has 0 radical (unpaired) electrons. The van der Waals surface area contributed by atoms with Gasteiger partial charge < -0.3 is 9.55 Å².